The number of thiophene rings is 1. The number of carbonyl (C=O) groups is 1. The molecule has 0 spiro atoms. The monoisotopic (exact) mass is 316 g/mol. The van der Waals surface area contributed by atoms with Gasteiger partial charge in [-0.3, -0.25) is 14.9 Å². The third-order valence-electron chi connectivity index (χ3n) is 3.28. The quantitative estimate of drug-likeness (QED) is 0.591. The average Bonchev–Trinajstić information content (AvgIpc) is 3.11. The van der Waals surface area contributed by atoms with Crippen molar-refractivity contribution in [1.29, 1.82) is 0 Å². The molecule has 1 amide bonds. The Bertz CT molecular complexity index is 868. The number of carbonyl (C=O) groups excluding carboxylic acids is 1. The van der Waals surface area contributed by atoms with Crippen LogP contribution in [0.15, 0.2) is 36.4 Å². The number of nitrogens with one attached hydrogen (secondary N) is 1. The highest BCUT2D eigenvalue weighted by Gasteiger charge is 2.16. The fraction of sp³-hybridized carbons (Fsp3) is 0.143. The van der Waals surface area contributed by atoms with Crippen molar-refractivity contribution in [2.45, 2.75) is 6.54 Å². The Morgan fingerprint density at radius 2 is 2.14 bits per heavy atom. The van der Waals surface area contributed by atoms with Crippen molar-refractivity contribution in [2.24, 2.45) is 7.05 Å². The van der Waals surface area contributed by atoms with Crippen LogP contribution in [-0.4, -0.2) is 20.4 Å². The van der Waals surface area contributed by atoms with Gasteiger partial charge in [-0.25, -0.2) is 4.98 Å². The first kappa shape index (κ1) is 14.2. The molecule has 2 heterocycles. The van der Waals surface area contributed by atoms with Gasteiger partial charge >= 0.3 is 5.00 Å². The summed E-state index contributed by atoms with van der Waals surface area (Å²) in [5, 5.41) is 13.3. The summed E-state index contributed by atoms with van der Waals surface area (Å²) in [4.78, 5) is 26.9. The molecule has 0 unspecified atom stereocenters. The van der Waals surface area contributed by atoms with Crippen molar-refractivity contribution >= 4 is 33.3 Å². The van der Waals surface area contributed by atoms with E-state index >= 15 is 0 Å². The van der Waals surface area contributed by atoms with Crippen LogP contribution in [0, 0.1) is 10.1 Å². The summed E-state index contributed by atoms with van der Waals surface area (Å²) in [7, 11) is 1.88. The van der Waals surface area contributed by atoms with Gasteiger partial charge in [0.05, 0.1) is 27.4 Å². The third-order valence-corrected chi connectivity index (χ3v) is 4.32. The maximum absolute atomic E-state index is 12.0. The van der Waals surface area contributed by atoms with Crippen LogP contribution < -0.4 is 5.32 Å². The van der Waals surface area contributed by atoms with Gasteiger partial charge in [0.25, 0.3) is 5.91 Å². The molecule has 0 fully saturated rings. The molecule has 0 saturated heterocycles. The summed E-state index contributed by atoms with van der Waals surface area (Å²) in [5.41, 5.74) is 1.85. The van der Waals surface area contributed by atoms with Crippen molar-refractivity contribution < 1.29 is 9.72 Å². The van der Waals surface area contributed by atoms with E-state index < -0.39 is 4.92 Å². The zero-order valence-corrected chi connectivity index (χ0v) is 12.5. The lowest BCUT2D eigenvalue weighted by Crippen LogP contribution is -2.23. The van der Waals surface area contributed by atoms with E-state index in [0.717, 1.165) is 28.2 Å². The number of aryl methyl sites for hydroxylation is 1. The van der Waals surface area contributed by atoms with Crippen LogP contribution in [0.2, 0.25) is 0 Å². The number of nitrogens with zero attached hydrogens (tertiary/aromatic N) is 3. The highest BCUT2D eigenvalue weighted by molar-refractivity contribution is 7.17. The van der Waals surface area contributed by atoms with E-state index in [0.29, 0.717) is 4.88 Å². The van der Waals surface area contributed by atoms with Gasteiger partial charge in [0.1, 0.15) is 5.82 Å². The van der Waals surface area contributed by atoms with Gasteiger partial charge in [0.2, 0.25) is 0 Å². The van der Waals surface area contributed by atoms with Gasteiger partial charge in [-0.2, -0.15) is 0 Å². The minimum atomic E-state index is -0.507. The van der Waals surface area contributed by atoms with Crippen molar-refractivity contribution in [3.05, 3.63) is 57.2 Å². The van der Waals surface area contributed by atoms with Gasteiger partial charge in [-0.05, 0) is 18.2 Å². The molecular weight excluding hydrogens is 304 g/mol. The number of hydrogen-bond acceptors (Lipinski definition) is 5. The van der Waals surface area contributed by atoms with E-state index in [1.165, 1.54) is 12.1 Å². The van der Waals surface area contributed by atoms with Gasteiger partial charge in [0, 0.05) is 13.1 Å². The molecule has 0 aliphatic carbocycles. The Morgan fingerprint density at radius 3 is 2.82 bits per heavy atom. The SMILES string of the molecule is Cn1c(CNC(=O)c2ccc([N+](=O)[O-])s2)nc2ccccc21. The largest absolute Gasteiger partial charge is 0.344 e. The second kappa shape index (κ2) is 5.57. The maximum Gasteiger partial charge on any atom is 0.324 e. The lowest BCUT2D eigenvalue weighted by atomic mass is 10.3. The molecule has 3 rings (SSSR count). The van der Waals surface area contributed by atoms with Gasteiger partial charge in [-0.1, -0.05) is 23.5 Å². The number of hydrogen-bond donors (Lipinski definition) is 1. The van der Waals surface area contributed by atoms with E-state index in [-0.39, 0.29) is 17.5 Å². The first-order chi connectivity index (χ1) is 10.6. The predicted molar refractivity (Wildman–Crippen MR) is 82.9 cm³/mol. The molecule has 0 bridgehead atoms. The number of benzene rings is 1. The Hall–Kier alpha value is -2.74. The second-order valence-corrected chi connectivity index (χ2v) is 5.72. The van der Waals surface area contributed by atoms with Crippen LogP contribution in [0.25, 0.3) is 11.0 Å². The van der Waals surface area contributed by atoms with E-state index in [1.54, 1.807) is 0 Å². The van der Waals surface area contributed by atoms with Crippen molar-refractivity contribution in [3.8, 4) is 0 Å². The van der Waals surface area contributed by atoms with Crippen LogP contribution in [0.1, 0.15) is 15.5 Å². The van der Waals surface area contributed by atoms with Gasteiger partial charge in [0.15, 0.2) is 0 Å². The smallest absolute Gasteiger partial charge is 0.324 e. The standard InChI is InChI=1S/C14H12N4O3S/c1-17-10-5-3-2-4-9(10)16-12(17)8-15-14(19)11-6-7-13(22-11)18(20)21/h2-7H,8H2,1H3,(H,15,19). The summed E-state index contributed by atoms with van der Waals surface area (Å²) in [5.74, 6) is 0.380. The molecule has 0 saturated carbocycles. The molecule has 0 aliphatic rings. The molecule has 8 heteroatoms. The molecular formula is C14H12N4O3S. The summed E-state index contributed by atoms with van der Waals surface area (Å²) >= 11 is 0.855. The molecule has 22 heavy (non-hydrogen) atoms. The minimum Gasteiger partial charge on any atom is -0.344 e. The first-order valence-corrected chi connectivity index (χ1v) is 7.30. The van der Waals surface area contributed by atoms with Crippen LogP contribution >= 0.6 is 11.3 Å². The summed E-state index contributed by atoms with van der Waals surface area (Å²) in [6, 6.07) is 10.5. The zero-order chi connectivity index (χ0) is 15.7. The minimum absolute atomic E-state index is 0.0483. The number of imidazole rings is 1. The third kappa shape index (κ3) is 2.56. The Labute approximate surface area is 129 Å². The Morgan fingerprint density at radius 1 is 1.36 bits per heavy atom. The Kier molecular flexibility index (Phi) is 3.60. The van der Waals surface area contributed by atoms with Gasteiger partial charge in [-0.15, -0.1) is 0 Å². The summed E-state index contributed by atoms with van der Waals surface area (Å²) in [6.07, 6.45) is 0. The van der Waals surface area contributed by atoms with E-state index in [4.69, 9.17) is 0 Å². The topological polar surface area (TPSA) is 90.1 Å². The average molecular weight is 316 g/mol. The van der Waals surface area contributed by atoms with E-state index in [2.05, 4.69) is 10.3 Å². The number of nitro groups is 1. The molecule has 7 nitrogen and oxygen atoms in total. The predicted octanol–water partition coefficient (Wildman–Crippen LogP) is 2.47. The van der Waals surface area contributed by atoms with E-state index in [9.17, 15) is 14.9 Å². The number of aromatic nitrogens is 2. The fourth-order valence-electron chi connectivity index (χ4n) is 2.15. The number of fused-ring (bicyclic) bond motifs is 1. The zero-order valence-electron chi connectivity index (χ0n) is 11.6. The second-order valence-electron chi connectivity index (χ2n) is 4.65. The lowest BCUT2D eigenvalue weighted by molar-refractivity contribution is -0.380. The summed E-state index contributed by atoms with van der Waals surface area (Å²) in [6.45, 7) is 0.260. The molecule has 0 atom stereocenters. The number of para-hydroxylation sites is 2. The van der Waals surface area contributed by atoms with Crippen LogP contribution in [-0.2, 0) is 13.6 Å². The highest BCUT2D eigenvalue weighted by atomic mass is 32.1. The number of rotatable bonds is 4. The molecule has 1 aromatic carbocycles. The van der Waals surface area contributed by atoms with E-state index in [1.807, 2.05) is 35.9 Å². The van der Waals surface area contributed by atoms with Crippen molar-refractivity contribution in [3.63, 3.8) is 0 Å². The molecule has 1 N–H and O–H groups in total. The Balaban J connectivity index is 1.74. The maximum atomic E-state index is 12.0. The first-order valence-electron chi connectivity index (χ1n) is 6.49. The fourth-order valence-corrected chi connectivity index (χ4v) is 2.88. The number of amides is 1. The van der Waals surface area contributed by atoms with Gasteiger partial charge < -0.3 is 9.88 Å². The molecule has 0 aliphatic heterocycles. The molecule has 0 radical (unpaired) electrons. The van der Waals surface area contributed by atoms with Crippen molar-refractivity contribution in [2.75, 3.05) is 0 Å². The lowest BCUT2D eigenvalue weighted by Gasteiger charge is -2.04. The van der Waals surface area contributed by atoms with Crippen LogP contribution in [0.4, 0.5) is 5.00 Å². The molecule has 112 valence electrons. The van der Waals surface area contributed by atoms with Crippen LogP contribution in [0.5, 0.6) is 0 Å². The summed E-state index contributed by atoms with van der Waals surface area (Å²) < 4.78 is 1.91. The van der Waals surface area contributed by atoms with Crippen molar-refractivity contribution in [1.82, 2.24) is 14.9 Å². The van der Waals surface area contributed by atoms with Crippen LogP contribution in [0.3, 0.4) is 0 Å². The molecule has 3 aromatic rings. The normalized spacial score (nSPS) is 10.8. The highest BCUT2D eigenvalue weighted by Crippen LogP contribution is 2.23. The molecule has 2 aromatic heterocycles.